The van der Waals surface area contributed by atoms with Gasteiger partial charge in [0.15, 0.2) is 0 Å². The molecule has 0 spiro atoms. The maximum atomic E-state index is 11.1. The maximum Gasteiger partial charge on any atom is 0 e. The van der Waals surface area contributed by atoms with Crippen molar-refractivity contribution in [1.29, 1.82) is 0 Å². The molecule has 1 aromatic carbocycles. The molecule has 0 amide bonds. The van der Waals surface area contributed by atoms with Gasteiger partial charge in [-0.2, -0.15) is 27.8 Å². The van der Waals surface area contributed by atoms with Crippen LogP contribution in [0.4, 0.5) is 0 Å². The van der Waals surface area contributed by atoms with Gasteiger partial charge in [-0.15, -0.1) is 0 Å². The second-order valence-electron chi connectivity index (χ2n) is 10.3. The van der Waals surface area contributed by atoms with E-state index in [2.05, 4.69) is 96.9 Å². The summed E-state index contributed by atoms with van der Waals surface area (Å²) in [7, 11) is -2.02. The summed E-state index contributed by atoms with van der Waals surface area (Å²) < 4.78 is 0. The van der Waals surface area contributed by atoms with Crippen LogP contribution in [-0.4, -0.2) is 15.5 Å². The third-order valence-corrected chi connectivity index (χ3v) is 11.5. The Morgan fingerprint density at radius 1 is 0.607 bits per heavy atom. The molecule has 0 heterocycles. The molecule has 0 N–H and O–H groups in total. The zero-order valence-electron chi connectivity index (χ0n) is 22.3. The van der Waals surface area contributed by atoms with E-state index in [1.807, 2.05) is 0 Å². The van der Waals surface area contributed by atoms with Gasteiger partial charge < -0.3 is 27.4 Å². The van der Waals surface area contributed by atoms with E-state index in [-0.39, 0.29) is 60.1 Å². The van der Waals surface area contributed by atoms with Crippen molar-refractivity contribution in [2.75, 3.05) is 0 Å². The summed E-state index contributed by atoms with van der Waals surface area (Å²) in [6, 6.07) is 0. The van der Waals surface area contributed by atoms with Gasteiger partial charge in [0.05, 0.1) is 0 Å². The van der Waals surface area contributed by atoms with Gasteiger partial charge in [-0.3, -0.25) is 0 Å². The van der Waals surface area contributed by atoms with Crippen molar-refractivity contribution < 1.29 is 22.4 Å². The summed E-state index contributed by atoms with van der Waals surface area (Å²) in [6.07, 6.45) is 0. The summed E-state index contributed by atoms with van der Waals surface area (Å²) in [5.74, 6) is 0. The Hall–Kier alpha value is 0.320. The second kappa shape index (κ2) is 12.2. The SMILES string of the molecule is CC(C)(C)P(=[N-])(C(C)(C)C)C(C)(C)C.Cc1c(C)c(C)[c-](C)c1C.[CH3-].[CH3-].[CH3-].[Ta]. The molecule has 0 bridgehead atoms. The number of hydrogen-bond donors (Lipinski definition) is 0. The van der Waals surface area contributed by atoms with Crippen LogP contribution < -0.4 is 0 Å². The van der Waals surface area contributed by atoms with Crippen molar-refractivity contribution in [2.24, 2.45) is 0 Å². The van der Waals surface area contributed by atoms with Crippen molar-refractivity contribution in [3.8, 4) is 0 Å². The van der Waals surface area contributed by atoms with E-state index in [1.165, 1.54) is 27.8 Å². The summed E-state index contributed by atoms with van der Waals surface area (Å²) in [5.41, 5.74) is 7.34. The molecule has 0 saturated carbocycles. The Labute approximate surface area is 196 Å². The summed E-state index contributed by atoms with van der Waals surface area (Å²) in [4.78, 5) is 0. The Balaban J connectivity index is -0.000000114. The first-order chi connectivity index (χ1) is 10.3. The number of rotatable bonds is 0. The molecule has 0 aromatic heterocycles. The number of hydrogen-bond acceptors (Lipinski definition) is 0. The molecule has 0 saturated heterocycles. The van der Waals surface area contributed by atoms with Crippen LogP contribution in [0.1, 0.15) is 90.1 Å². The van der Waals surface area contributed by atoms with Gasteiger partial charge in [-0.05, 0) is 15.5 Å². The third kappa shape index (κ3) is 7.54. The van der Waals surface area contributed by atoms with Crippen LogP contribution in [0, 0.1) is 56.9 Å². The molecule has 0 atom stereocenters. The Kier molecular flexibility index (Phi) is 17.0. The van der Waals surface area contributed by atoms with Gasteiger partial charge in [0, 0.05) is 22.4 Å². The molecule has 171 valence electrons. The van der Waals surface area contributed by atoms with E-state index in [0.29, 0.717) is 0 Å². The van der Waals surface area contributed by atoms with E-state index in [1.54, 1.807) is 0 Å². The van der Waals surface area contributed by atoms with Crippen molar-refractivity contribution >= 4 is 7.05 Å². The Bertz CT molecular complexity index is 494. The number of nitrogens with zero attached hydrogens (tertiary/aromatic N) is 1. The predicted molar refractivity (Wildman–Crippen MR) is 134 cm³/mol. The van der Waals surface area contributed by atoms with Crippen LogP contribution in [0.5, 0.6) is 0 Å². The molecule has 1 rings (SSSR count). The molecule has 3 heteroatoms. The second-order valence-corrected chi connectivity index (χ2v) is 15.6. The molecular formula is C25H51NPTa-5. The van der Waals surface area contributed by atoms with Crippen LogP contribution in [-0.2, 0) is 22.4 Å². The standard InChI is InChI=1S/C12H27NP.C10H15.3CH3.Ta/c1-10(2,3)14(13,11(4,5)6)12(7,8)9;1-6-7(2)9(4)10(5)8(6)3;;;;/h1-9H3;1-5H3;3*1H3;/q5*-1;. The van der Waals surface area contributed by atoms with Crippen molar-refractivity contribution in [3.63, 3.8) is 0 Å². The zero-order chi connectivity index (χ0) is 19.9. The van der Waals surface area contributed by atoms with E-state index in [9.17, 15) is 5.16 Å². The summed E-state index contributed by atoms with van der Waals surface area (Å²) in [6.45, 7) is 30.5. The molecule has 28 heavy (non-hydrogen) atoms. The summed E-state index contributed by atoms with van der Waals surface area (Å²) >= 11 is 0. The normalized spacial score (nSPS) is 11.6. The average molecular weight is 578 g/mol. The minimum absolute atomic E-state index is 0. The molecule has 1 aromatic rings. The van der Waals surface area contributed by atoms with Crippen LogP contribution in [0.2, 0.25) is 0 Å². The Morgan fingerprint density at radius 2 is 0.786 bits per heavy atom. The van der Waals surface area contributed by atoms with Crippen LogP contribution >= 0.6 is 7.05 Å². The first-order valence-corrected chi connectivity index (χ1v) is 10.9. The van der Waals surface area contributed by atoms with E-state index < -0.39 is 7.05 Å². The van der Waals surface area contributed by atoms with Gasteiger partial charge in [0.2, 0.25) is 0 Å². The first-order valence-electron chi connectivity index (χ1n) is 9.12. The first kappa shape index (κ1) is 38.9. The molecule has 1 nitrogen and oxygen atoms in total. The fraction of sp³-hybridized carbons (Fsp3) is 0.680. The fourth-order valence-electron chi connectivity index (χ4n) is 4.42. The third-order valence-electron chi connectivity index (χ3n) is 5.72. The van der Waals surface area contributed by atoms with E-state index in [4.69, 9.17) is 0 Å². The molecule has 0 aliphatic carbocycles. The van der Waals surface area contributed by atoms with Gasteiger partial charge in [-0.1, -0.05) is 96.9 Å². The molecular weight excluding hydrogens is 526 g/mol. The zero-order valence-corrected chi connectivity index (χ0v) is 26.4. The predicted octanol–water partition coefficient (Wildman–Crippen LogP) is 9.45. The fourth-order valence-corrected chi connectivity index (χ4v) is 10.5. The Morgan fingerprint density at radius 3 is 0.821 bits per heavy atom. The smallest absolute Gasteiger partial charge is 0 e. The van der Waals surface area contributed by atoms with Crippen LogP contribution in [0.15, 0.2) is 0 Å². The topological polar surface area (TPSA) is 22.3 Å². The van der Waals surface area contributed by atoms with Gasteiger partial charge >= 0.3 is 0 Å². The molecule has 0 aliphatic rings. The van der Waals surface area contributed by atoms with Crippen molar-refractivity contribution in [3.05, 3.63) is 55.3 Å². The van der Waals surface area contributed by atoms with Gasteiger partial charge in [0.25, 0.3) is 0 Å². The molecule has 0 fully saturated rings. The molecule has 0 aliphatic heterocycles. The van der Waals surface area contributed by atoms with Crippen molar-refractivity contribution in [2.45, 2.75) is 112 Å². The van der Waals surface area contributed by atoms with Gasteiger partial charge in [-0.25, -0.2) is 7.05 Å². The van der Waals surface area contributed by atoms with E-state index in [0.717, 1.165) is 0 Å². The monoisotopic (exact) mass is 577 g/mol. The summed E-state index contributed by atoms with van der Waals surface area (Å²) in [5, 5.41) is 11.1. The maximum absolute atomic E-state index is 11.1. The minimum Gasteiger partial charge on any atom is -0.807 e. The minimum atomic E-state index is -2.02. The quantitative estimate of drug-likeness (QED) is 0.217. The van der Waals surface area contributed by atoms with Crippen molar-refractivity contribution in [1.82, 2.24) is 0 Å². The van der Waals surface area contributed by atoms with Gasteiger partial charge in [0.1, 0.15) is 0 Å². The van der Waals surface area contributed by atoms with Crippen LogP contribution in [0.3, 0.4) is 0 Å². The largest absolute Gasteiger partial charge is 0.807 e. The molecule has 1 radical (unpaired) electrons. The molecule has 0 unspecified atom stereocenters. The average Bonchev–Trinajstić information content (AvgIpc) is 2.53. The van der Waals surface area contributed by atoms with E-state index >= 15 is 0 Å². The van der Waals surface area contributed by atoms with Crippen LogP contribution in [0.25, 0.3) is 5.16 Å².